The van der Waals surface area contributed by atoms with Crippen molar-refractivity contribution in [1.82, 2.24) is 0 Å². The van der Waals surface area contributed by atoms with Crippen molar-refractivity contribution < 1.29 is 33.7 Å². The van der Waals surface area contributed by atoms with E-state index in [-0.39, 0.29) is 29.6 Å². The van der Waals surface area contributed by atoms with Crippen LogP contribution < -0.4 is 0 Å². The minimum Gasteiger partial charge on any atom is -0.502 e. The molecule has 142 valence electrons. The Balaban J connectivity index is 2.04. The van der Waals surface area contributed by atoms with Crippen molar-refractivity contribution in [2.24, 2.45) is 17.8 Å². The van der Waals surface area contributed by atoms with E-state index in [2.05, 4.69) is 6.58 Å². The molecule has 1 N–H and O–H groups in total. The molecular weight excluding hydrogens is 340 g/mol. The highest BCUT2D eigenvalue weighted by Gasteiger charge is 2.55. The van der Waals surface area contributed by atoms with Crippen molar-refractivity contribution in [3.8, 4) is 0 Å². The van der Waals surface area contributed by atoms with Crippen LogP contribution in [0.2, 0.25) is 0 Å². The molecule has 26 heavy (non-hydrogen) atoms. The lowest BCUT2D eigenvalue weighted by atomic mass is 9.80. The Bertz CT molecular complexity index is 719. The normalized spacial score (nSPS) is 36.9. The molecule has 2 fully saturated rings. The summed E-state index contributed by atoms with van der Waals surface area (Å²) in [6.07, 6.45) is -1.05. The number of fused-ring (bicyclic) bond motifs is 3. The van der Waals surface area contributed by atoms with Crippen LogP contribution in [0.25, 0.3) is 0 Å². The summed E-state index contributed by atoms with van der Waals surface area (Å²) in [7, 11) is 0. The summed E-state index contributed by atoms with van der Waals surface area (Å²) in [6, 6.07) is 0. The summed E-state index contributed by atoms with van der Waals surface area (Å²) in [5.41, 5.74) is -1.13. The Kier molecular flexibility index (Phi) is 4.37. The second-order valence-corrected chi connectivity index (χ2v) is 7.84. The maximum absolute atomic E-state index is 12.6. The first-order valence-electron chi connectivity index (χ1n) is 8.82. The molecule has 3 rings (SSSR count). The Labute approximate surface area is 152 Å². The van der Waals surface area contributed by atoms with Gasteiger partial charge in [0.1, 0.15) is 18.0 Å². The zero-order valence-corrected chi connectivity index (χ0v) is 15.4. The summed E-state index contributed by atoms with van der Waals surface area (Å²) >= 11 is 0. The van der Waals surface area contributed by atoms with E-state index in [4.69, 9.17) is 14.2 Å². The first-order valence-corrected chi connectivity index (χ1v) is 8.82. The summed E-state index contributed by atoms with van der Waals surface area (Å²) in [5, 5.41) is 10.2. The summed E-state index contributed by atoms with van der Waals surface area (Å²) in [6.45, 7) is 10.6. The van der Waals surface area contributed by atoms with Gasteiger partial charge in [0.15, 0.2) is 5.60 Å². The van der Waals surface area contributed by atoms with Gasteiger partial charge in [-0.05, 0) is 13.3 Å². The van der Waals surface area contributed by atoms with Gasteiger partial charge in [0.05, 0.1) is 11.8 Å². The number of carbonyl (C=O) groups is 3. The van der Waals surface area contributed by atoms with Gasteiger partial charge in [-0.2, -0.15) is 0 Å². The van der Waals surface area contributed by atoms with Gasteiger partial charge in [0, 0.05) is 17.9 Å². The molecule has 7 heteroatoms. The lowest BCUT2D eigenvalue weighted by molar-refractivity contribution is -0.161. The molecule has 7 nitrogen and oxygen atoms in total. The van der Waals surface area contributed by atoms with Crippen LogP contribution in [0, 0.1) is 17.8 Å². The first-order chi connectivity index (χ1) is 12.0. The fourth-order valence-corrected chi connectivity index (χ4v) is 3.84. The fraction of sp³-hybridized carbons (Fsp3) is 0.632. The van der Waals surface area contributed by atoms with Crippen molar-refractivity contribution in [3.63, 3.8) is 0 Å². The second kappa shape index (κ2) is 6.14. The largest absolute Gasteiger partial charge is 0.502 e. The van der Waals surface area contributed by atoms with Crippen LogP contribution in [0.4, 0.5) is 0 Å². The average molecular weight is 364 g/mol. The second-order valence-electron chi connectivity index (χ2n) is 7.84. The number of rotatable bonds is 2. The first kappa shape index (κ1) is 18.5. The molecular formula is C19H24O7. The predicted molar refractivity (Wildman–Crippen MR) is 89.8 cm³/mol. The van der Waals surface area contributed by atoms with E-state index in [1.807, 2.05) is 0 Å². The summed E-state index contributed by atoms with van der Waals surface area (Å²) in [4.78, 5) is 36.9. The smallest absolute Gasteiger partial charge is 0.334 e. The van der Waals surface area contributed by atoms with E-state index in [0.29, 0.717) is 6.42 Å². The van der Waals surface area contributed by atoms with Crippen LogP contribution in [0.15, 0.2) is 23.7 Å². The number of ketones is 1. The van der Waals surface area contributed by atoms with E-state index < -0.39 is 47.2 Å². The Hall–Kier alpha value is -2.31. The highest BCUT2D eigenvalue weighted by Crippen LogP contribution is 2.46. The third-order valence-electron chi connectivity index (χ3n) is 5.35. The van der Waals surface area contributed by atoms with E-state index >= 15 is 0 Å². The molecule has 3 aliphatic heterocycles. The van der Waals surface area contributed by atoms with Gasteiger partial charge in [-0.15, -0.1) is 0 Å². The molecule has 2 bridgehead atoms. The van der Waals surface area contributed by atoms with Crippen LogP contribution in [-0.2, 0) is 28.6 Å². The number of esters is 2. The number of hydrogen-bond acceptors (Lipinski definition) is 7. The Morgan fingerprint density at radius 1 is 1.38 bits per heavy atom. The zero-order chi connectivity index (χ0) is 19.4. The third-order valence-corrected chi connectivity index (χ3v) is 5.35. The molecule has 5 atom stereocenters. The van der Waals surface area contributed by atoms with E-state index in [9.17, 15) is 19.5 Å². The van der Waals surface area contributed by atoms with Crippen molar-refractivity contribution in [2.45, 2.75) is 58.3 Å². The summed E-state index contributed by atoms with van der Waals surface area (Å²) < 4.78 is 16.9. The highest BCUT2D eigenvalue weighted by atomic mass is 16.6. The minimum absolute atomic E-state index is 0.00139. The van der Waals surface area contributed by atoms with Crippen LogP contribution in [0.1, 0.15) is 40.5 Å². The molecule has 0 aliphatic carbocycles. The van der Waals surface area contributed by atoms with Crippen LogP contribution in [-0.4, -0.2) is 40.6 Å². The molecule has 3 heterocycles. The topological polar surface area (TPSA) is 99.1 Å². The molecule has 0 aromatic carbocycles. The van der Waals surface area contributed by atoms with Gasteiger partial charge in [-0.25, -0.2) is 4.79 Å². The van der Waals surface area contributed by atoms with Gasteiger partial charge in [-0.1, -0.05) is 27.4 Å². The van der Waals surface area contributed by atoms with E-state index in [1.54, 1.807) is 27.7 Å². The number of carbonyl (C=O) groups excluding carboxylic acids is 3. The number of aliphatic hydroxyl groups is 1. The van der Waals surface area contributed by atoms with Gasteiger partial charge >= 0.3 is 11.9 Å². The molecule has 0 spiro atoms. The Morgan fingerprint density at radius 3 is 2.65 bits per heavy atom. The number of allylic oxidation sites excluding steroid dienone is 1. The van der Waals surface area contributed by atoms with Crippen LogP contribution in [0.5, 0.6) is 0 Å². The summed E-state index contributed by atoms with van der Waals surface area (Å²) in [5.74, 6) is -2.99. The average Bonchev–Trinajstić information content (AvgIpc) is 2.96. The quantitative estimate of drug-likeness (QED) is 0.592. The van der Waals surface area contributed by atoms with E-state index in [0.717, 1.165) is 0 Å². The monoisotopic (exact) mass is 364 g/mol. The maximum atomic E-state index is 12.6. The third kappa shape index (κ3) is 2.79. The highest BCUT2D eigenvalue weighted by molar-refractivity contribution is 6.02. The van der Waals surface area contributed by atoms with Gasteiger partial charge < -0.3 is 19.3 Å². The predicted octanol–water partition coefficient (Wildman–Crippen LogP) is 2.21. The molecule has 2 saturated heterocycles. The standard InChI is InChI=1S/C19H24O7/c1-8(2)17(22)25-12-7-19(5)16(21)14(20)15(26-19)9(3)6-11-13(12)10(4)18(23)24-11/h8-9,11-13,20H,4,6-7H2,1-3,5H3/t9-,11+,12+,13-,19+/m0/s1. The molecule has 0 aromatic heterocycles. The van der Waals surface area contributed by atoms with Crippen molar-refractivity contribution in [1.29, 1.82) is 0 Å². The van der Waals surface area contributed by atoms with Crippen molar-refractivity contribution >= 4 is 17.7 Å². The fourth-order valence-electron chi connectivity index (χ4n) is 3.84. The van der Waals surface area contributed by atoms with Crippen LogP contribution in [0.3, 0.4) is 0 Å². The van der Waals surface area contributed by atoms with Crippen LogP contribution >= 0.6 is 0 Å². The number of hydrogen-bond donors (Lipinski definition) is 1. The number of ether oxygens (including phenoxy) is 3. The van der Waals surface area contributed by atoms with Crippen molar-refractivity contribution in [3.05, 3.63) is 23.7 Å². The SMILES string of the molecule is C=C1C(=O)O[C@@H]2C[C@H](C)C3=C(O)C(=O)[C@@](C)(C[C@@H](OC(=O)C(C)C)[C@@H]12)O3. The van der Waals surface area contributed by atoms with Gasteiger partial charge in [-0.3, -0.25) is 9.59 Å². The molecule has 0 saturated carbocycles. The van der Waals surface area contributed by atoms with Gasteiger partial charge in [0.25, 0.3) is 0 Å². The molecule has 0 aromatic rings. The number of Topliss-reactive ketones (excluding diaryl/α,β-unsaturated/α-hetero) is 1. The molecule has 0 amide bonds. The van der Waals surface area contributed by atoms with E-state index in [1.165, 1.54) is 0 Å². The number of aliphatic hydroxyl groups excluding tert-OH is 1. The molecule has 0 unspecified atom stereocenters. The molecule has 0 radical (unpaired) electrons. The maximum Gasteiger partial charge on any atom is 0.334 e. The molecule has 3 aliphatic rings. The lowest BCUT2D eigenvalue weighted by Gasteiger charge is -2.31. The minimum atomic E-state index is -1.36. The zero-order valence-electron chi connectivity index (χ0n) is 15.4. The lowest BCUT2D eigenvalue weighted by Crippen LogP contribution is -2.43. The Morgan fingerprint density at radius 2 is 2.04 bits per heavy atom. The van der Waals surface area contributed by atoms with Gasteiger partial charge in [0.2, 0.25) is 11.5 Å². The van der Waals surface area contributed by atoms with Crippen molar-refractivity contribution in [2.75, 3.05) is 0 Å².